The van der Waals surface area contributed by atoms with Gasteiger partial charge in [-0.25, -0.2) is 9.97 Å². The molecule has 1 fully saturated rings. The lowest BCUT2D eigenvalue weighted by molar-refractivity contribution is 0.194. The first-order valence-electron chi connectivity index (χ1n) is 6.47. The minimum absolute atomic E-state index is 0.627. The zero-order valence-corrected chi connectivity index (χ0v) is 11.4. The van der Waals surface area contributed by atoms with E-state index in [0.29, 0.717) is 6.04 Å². The van der Waals surface area contributed by atoms with Crippen molar-refractivity contribution in [3.63, 3.8) is 0 Å². The summed E-state index contributed by atoms with van der Waals surface area (Å²) in [6.07, 6.45) is 5.59. The zero-order chi connectivity index (χ0) is 12.4. The Hall–Kier alpha value is -1.20. The number of hydrogen-bond acceptors (Lipinski definition) is 5. The number of piperidine rings is 1. The second-order valence-corrected chi connectivity index (χ2v) is 5.77. The summed E-state index contributed by atoms with van der Waals surface area (Å²) in [7, 11) is 2.21. The van der Waals surface area contributed by atoms with Gasteiger partial charge in [0.25, 0.3) is 0 Å². The van der Waals surface area contributed by atoms with E-state index in [1.54, 1.807) is 17.7 Å². The summed E-state index contributed by atoms with van der Waals surface area (Å²) < 4.78 is 0. The quantitative estimate of drug-likeness (QED) is 0.923. The summed E-state index contributed by atoms with van der Waals surface area (Å²) in [5, 5.41) is 6.69. The Morgan fingerprint density at radius 3 is 3.28 bits per heavy atom. The molecule has 0 spiro atoms. The van der Waals surface area contributed by atoms with Crippen LogP contribution in [-0.4, -0.2) is 41.0 Å². The van der Waals surface area contributed by atoms with Crippen molar-refractivity contribution in [1.82, 2.24) is 14.9 Å². The lowest BCUT2D eigenvalue weighted by Crippen LogP contribution is -2.40. The van der Waals surface area contributed by atoms with E-state index in [4.69, 9.17) is 0 Å². The number of hydrogen-bond donors (Lipinski definition) is 1. The molecule has 2 aromatic rings. The average molecular weight is 262 g/mol. The maximum atomic E-state index is 4.35. The first-order valence-corrected chi connectivity index (χ1v) is 7.35. The van der Waals surface area contributed by atoms with E-state index in [2.05, 4.69) is 38.7 Å². The molecular formula is C13H18N4S. The summed E-state index contributed by atoms with van der Waals surface area (Å²) in [5.41, 5.74) is 0. The van der Waals surface area contributed by atoms with Crippen LogP contribution in [-0.2, 0) is 0 Å². The highest BCUT2D eigenvalue weighted by molar-refractivity contribution is 7.16. The normalized spacial score (nSPS) is 21.3. The Balaban J connectivity index is 1.71. The van der Waals surface area contributed by atoms with Crippen LogP contribution in [0.4, 0.5) is 5.82 Å². The van der Waals surface area contributed by atoms with Gasteiger partial charge in [-0.1, -0.05) is 6.42 Å². The molecule has 1 aliphatic rings. The van der Waals surface area contributed by atoms with Crippen molar-refractivity contribution < 1.29 is 0 Å². The Morgan fingerprint density at radius 1 is 1.44 bits per heavy atom. The van der Waals surface area contributed by atoms with Crippen LogP contribution >= 0.6 is 11.3 Å². The molecule has 0 aliphatic carbocycles. The minimum Gasteiger partial charge on any atom is -0.368 e. The third kappa shape index (κ3) is 2.33. The smallest absolute Gasteiger partial charge is 0.138 e. The largest absolute Gasteiger partial charge is 0.368 e. The predicted octanol–water partition coefficient (Wildman–Crippen LogP) is 2.59. The lowest BCUT2D eigenvalue weighted by atomic mass is 10.0. The summed E-state index contributed by atoms with van der Waals surface area (Å²) in [6.45, 7) is 2.18. The van der Waals surface area contributed by atoms with Crippen molar-refractivity contribution in [1.29, 1.82) is 0 Å². The Bertz CT molecular complexity index is 524. The topological polar surface area (TPSA) is 41.0 Å². The number of aromatic nitrogens is 2. The van der Waals surface area contributed by atoms with Crippen LogP contribution in [0.25, 0.3) is 10.2 Å². The molecule has 4 nitrogen and oxygen atoms in total. The van der Waals surface area contributed by atoms with Crippen molar-refractivity contribution in [3.05, 3.63) is 17.8 Å². The summed E-state index contributed by atoms with van der Waals surface area (Å²) in [4.78, 5) is 12.1. The van der Waals surface area contributed by atoms with Gasteiger partial charge in [-0.3, -0.25) is 0 Å². The van der Waals surface area contributed by atoms with E-state index in [1.807, 2.05) is 0 Å². The molecule has 0 aromatic carbocycles. The van der Waals surface area contributed by atoms with Gasteiger partial charge in [-0.15, -0.1) is 11.3 Å². The standard InChI is InChI=1S/C13H18N4S/c1-17-6-3-2-4-10(17)8-14-12-11-5-7-18-13(11)16-9-15-12/h5,7,9-10H,2-4,6,8H2,1H3,(H,14,15,16). The van der Waals surface area contributed by atoms with E-state index in [9.17, 15) is 0 Å². The molecule has 0 saturated carbocycles. The molecule has 0 amide bonds. The Morgan fingerprint density at radius 2 is 2.39 bits per heavy atom. The molecular weight excluding hydrogens is 244 g/mol. The molecule has 1 saturated heterocycles. The molecule has 18 heavy (non-hydrogen) atoms. The predicted molar refractivity (Wildman–Crippen MR) is 76.2 cm³/mol. The molecule has 1 aliphatic heterocycles. The number of likely N-dealkylation sites (N-methyl/N-ethyl adjacent to an activating group) is 1. The molecule has 0 bridgehead atoms. The van der Waals surface area contributed by atoms with Gasteiger partial charge >= 0.3 is 0 Å². The van der Waals surface area contributed by atoms with E-state index in [0.717, 1.165) is 22.6 Å². The average Bonchev–Trinajstić information content (AvgIpc) is 2.86. The number of likely N-dealkylation sites (tertiary alicyclic amines) is 1. The van der Waals surface area contributed by atoms with E-state index in [-0.39, 0.29) is 0 Å². The van der Waals surface area contributed by atoms with E-state index < -0.39 is 0 Å². The second-order valence-electron chi connectivity index (χ2n) is 4.87. The van der Waals surface area contributed by atoms with Crippen LogP contribution < -0.4 is 5.32 Å². The van der Waals surface area contributed by atoms with Crippen molar-refractivity contribution in [2.24, 2.45) is 0 Å². The molecule has 5 heteroatoms. The van der Waals surface area contributed by atoms with Crippen LogP contribution in [0.3, 0.4) is 0 Å². The molecule has 3 rings (SSSR count). The van der Waals surface area contributed by atoms with Crippen molar-refractivity contribution in [2.75, 3.05) is 25.5 Å². The monoisotopic (exact) mass is 262 g/mol. The molecule has 2 aromatic heterocycles. The second kappa shape index (κ2) is 5.20. The fourth-order valence-corrected chi connectivity index (χ4v) is 3.28. The van der Waals surface area contributed by atoms with Gasteiger partial charge in [0.2, 0.25) is 0 Å². The Labute approximate surface area is 111 Å². The van der Waals surface area contributed by atoms with Crippen LogP contribution in [0, 0.1) is 0 Å². The van der Waals surface area contributed by atoms with Crippen LogP contribution in [0.5, 0.6) is 0 Å². The van der Waals surface area contributed by atoms with Crippen molar-refractivity contribution in [3.8, 4) is 0 Å². The van der Waals surface area contributed by atoms with Crippen molar-refractivity contribution >= 4 is 27.4 Å². The van der Waals surface area contributed by atoms with Crippen molar-refractivity contribution in [2.45, 2.75) is 25.3 Å². The molecule has 1 atom stereocenters. The highest BCUT2D eigenvalue weighted by atomic mass is 32.1. The maximum absolute atomic E-state index is 4.35. The lowest BCUT2D eigenvalue weighted by Gasteiger charge is -2.32. The molecule has 1 N–H and O–H groups in total. The fourth-order valence-electron chi connectivity index (χ4n) is 2.55. The first kappa shape index (κ1) is 11.9. The summed E-state index contributed by atoms with van der Waals surface area (Å²) in [6, 6.07) is 2.72. The van der Waals surface area contributed by atoms with Gasteiger partial charge < -0.3 is 10.2 Å². The first-order chi connectivity index (χ1) is 8.84. The fraction of sp³-hybridized carbons (Fsp3) is 0.538. The van der Waals surface area contributed by atoms with Crippen LogP contribution in [0.15, 0.2) is 17.8 Å². The third-order valence-electron chi connectivity index (χ3n) is 3.69. The molecule has 96 valence electrons. The number of anilines is 1. The van der Waals surface area contributed by atoms with Gasteiger partial charge in [0.1, 0.15) is 17.0 Å². The molecule has 1 unspecified atom stereocenters. The minimum atomic E-state index is 0.627. The van der Waals surface area contributed by atoms with Gasteiger partial charge in [0, 0.05) is 12.6 Å². The highest BCUT2D eigenvalue weighted by Crippen LogP contribution is 2.24. The number of fused-ring (bicyclic) bond motifs is 1. The zero-order valence-electron chi connectivity index (χ0n) is 10.6. The van der Waals surface area contributed by atoms with Gasteiger partial charge in [-0.2, -0.15) is 0 Å². The van der Waals surface area contributed by atoms with E-state index >= 15 is 0 Å². The summed E-state index contributed by atoms with van der Waals surface area (Å²) in [5.74, 6) is 0.972. The number of thiophene rings is 1. The molecule has 0 radical (unpaired) electrons. The maximum Gasteiger partial charge on any atom is 0.138 e. The van der Waals surface area contributed by atoms with Gasteiger partial charge in [0.05, 0.1) is 5.39 Å². The SMILES string of the molecule is CN1CCCCC1CNc1ncnc2sccc12. The molecule has 3 heterocycles. The van der Waals surface area contributed by atoms with Gasteiger partial charge in [0.15, 0.2) is 0 Å². The summed E-state index contributed by atoms with van der Waals surface area (Å²) >= 11 is 1.66. The van der Waals surface area contributed by atoms with Crippen LogP contribution in [0.2, 0.25) is 0 Å². The Kier molecular flexibility index (Phi) is 3.43. The number of nitrogens with one attached hydrogen (secondary N) is 1. The number of nitrogens with zero attached hydrogens (tertiary/aromatic N) is 3. The van der Waals surface area contributed by atoms with Crippen LogP contribution in [0.1, 0.15) is 19.3 Å². The highest BCUT2D eigenvalue weighted by Gasteiger charge is 2.18. The third-order valence-corrected chi connectivity index (χ3v) is 4.51. The van der Waals surface area contributed by atoms with E-state index in [1.165, 1.54) is 25.8 Å². The van der Waals surface area contributed by atoms with Gasteiger partial charge in [-0.05, 0) is 37.9 Å². The number of rotatable bonds is 3.